The Morgan fingerprint density at radius 3 is 2.11 bits per heavy atom. The molecule has 55 heavy (non-hydrogen) atoms. The number of nitrogens with zero attached hydrogens (tertiary/aromatic N) is 8. The van der Waals surface area contributed by atoms with E-state index in [1.54, 1.807) is 43.9 Å². The SMILES string of the molecule is CC(C)(C)C(Cn1ncn(-c2ccc(N3CCN(c4ccc(OCC5COC(Cn6cncn6)(c6ccc(F)cc6)O5)cc4)CC3)cc2)c1=O)OP(=O)(O)O. The third-order valence-corrected chi connectivity index (χ3v) is 10.2. The van der Waals surface area contributed by atoms with Crippen molar-refractivity contribution in [1.82, 2.24) is 29.1 Å². The molecule has 18 heteroatoms. The van der Waals surface area contributed by atoms with Crippen molar-refractivity contribution < 1.29 is 37.5 Å². The van der Waals surface area contributed by atoms with Gasteiger partial charge in [-0.15, -0.1) is 0 Å². The second-order valence-corrected chi connectivity index (χ2v) is 15.8. The average molecular weight is 779 g/mol. The number of hydrogen-bond donors (Lipinski definition) is 2. The maximum Gasteiger partial charge on any atom is 0.469 e. The molecule has 0 spiro atoms. The van der Waals surface area contributed by atoms with Crippen molar-refractivity contribution in [3.8, 4) is 11.4 Å². The van der Waals surface area contributed by atoms with E-state index in [1.807, 2.05) is 48.5 Å². The fraction of sp³-hybridized carbons (Fsp3) is 0.405. The van der Waals surface area contributed by atoms with Crippen molar-refractivity contribution in [2.75, 3.05) is 49.2 Å². The summed E-state index contributed by atoms with van der Waals surface area (Å²) >= 11 is 0. The van der Waals surface area contributed by atoms with Gasteiger partial charge in [0.15, 0.2) is 0 Å². The van der Waals surface area contributed by atoms with Crippen LogP contribution in [0.25, 0.3) is 5.69 Å². The third kappa shape index (κ3) is 9.15. The van der Waals surface area contributed by atoms with E-state index in [0.29, 0.717) is 17.0 Å². The summed E-state index contributed by atoms with van der Waals surface area (Å²) in [5.74, 6) is -0.797. The van der Waals surface area contributed by atoms with Crippen LogP contribution >= 0.6 is 7.82 Å². The van der Waals surface area contributed by atoms with Gasteiger partial charge in [-0.25, -0.2) is 32.7 Å². The van der Waals surface area contributed by atoms with Gasteiger partial charge in [-0.05, 0) is 66.1 Å². The molecule has 0 bridgehead atoms. The molecule has 2 N–H and O–H groups in total. The summed E-state index contributed by atoms with van der Waals surface area (Å²) in [6, 6.07) is 21.6. The lowest BCUT2D eigenvalue weighted by Gasteiger charge is -2.37. The van der Waals surface area contributed by atoms with E-state index < -0.39 is 30.8 Å². The number of ether oxygens (including phenoxy) is 3. The van der Waals surface area contributed by atoms with Gasteiger partial charge < -0.3 is 33.8 Å². The van der Waals surface area contributed by atoms with Crippen molar-refractivity contribution >= 4 is 19.2 Å². The van der Waals surface area contributed by atoms with E-state index in [-0.39, 0.29) is 38.2 Å². The molecule has 3 aromatic carbocycles. The van der Waals surface area contributed by atoms with Gasteiger partial charge in [0.2, 0.25) is 5.79 Å². The van der Waals surface area contributed by atoms with Gasteiger partial charge in [-0.3, -0.25) is 4.52 Å². The molecular formula is C37H44FN8O8P. The number of halogens is 1. The van der Waals surface area contributed by atoms with Crippen LogP contribution in [0.2, 0.25) is 0 Å². The molecule has 7 rings (SSSR count). The molecule has 4 heterocycles. The lowest BCUT2D eigenvalue weighted by Crippen LogP contribution is -2.46. The standard InChI is InChI=1S/C37H44FN8O8P/c1-36(2,3)34(54-55(48,49)50)20-46-35(47)45(26-41-46)31-10-8-29(9-11-31)42-16-18-43(19-17-42)30-12-14-32(15-13-30)51-21-33-22-52-37(53-33,23-44-25-39-24-40-44)27-4-6-28(38)7-5-27/h4-15,24-26,33-34H,16-23H2,1-3H3,(H2,48,49,50). The number of benzene rings is 3. The van der Waals surface area contributed by atoms with Gasteiger partial charge in [0, 0.05) is 43.1 Å². The lowest BCUT2D eigenvalue weighted by atomic mass is 9.89. The maximum atomic E-state index is 13.7. The van der Waals surface area contributed by atoms with Crippen molar-refractivity contribution in [3.05, 3.63) is 114 Å². The highest BCUT2D eigenvalue weighted by Crippen LogP contribution is 2.42. The largest absolute Gasteiger partial charge is 0.491 e. The first-order valence-corrected chi connectivity index (χ1v) is 19.4. The van der Waals surface area contributed by atoms with Crippen LogP contribution in [0.3, 0.4) is 0 Å². The normalized spacial score (nSPS) is 19.9. The van der Waals surface area contributed by atoms with Crippen molar-refractivity contribution in [2.24, 2.45) is 5.41 Å². The summed E-state index contributed by atoms with van der Waals surface area (Å²) in [5.41, 5.74) is 2.32. The quantitative estimate of drug-likeness (QED) is 0.165. The van der Waals surface area contributed by atoms with Crippen LogP contribution in [0.4, 0.5) is 15.8 Å². The van der Waals surface area contributed by atoms with Gasteiger partial charge in [-0.1, -0.05) is 32.9 Å². The number of hydrogen-bond acceptors (Lipinski definition) is 11. The van der Waals surface area contributed by atoms with Crippen LogP contribution in [0.5, 0.6) is 5.75 Å². The molecule has 2 aromatic heterocycles. The van der Waals surface area contributed by atoms with Gasteiger partial charge in [0.25, 0.3) is 0 Å². The molecular weight excluding hydrogens is 734 g/mol. The fourth-order valence-electron chi connectivity index (χ4n) is 6.62. The van der Waals surface area contributed by atoms with Gasteiger partial charge in [-0.2, -0.15) is 10.2 Å². The number of phosphoric ester groups is 1. The summed E-state index contributed by atoms with van der Waals surface area (Å²) in [7, 11) is -4.77. The summed E-state index contributed by atoms with van der Waals surface area (Å²) in [6.45, 7) is 9.23. The molecule has 2 saturated heterocycles. The molecule has 2 aliphatic heterocycles. The van der Waals surface area contributed by atoms with Gasteiger partial charge >= 0.3 is 13.5 Å². The third-order valence-electron chi connectivity index (χ3n) is 9.69. The number of phosphoric acid groups is 1. The van der Waals surface area contributed by atoms with Crippen LogP contribution in [0, 0.1) is 11.2 Å². The first-order chi connectivity index (χ1) is 26.2. The zero-order valence-electron chi connectivity index (χ0n) is 30.7. The molecule has 3 atom stereocenters. The average Bonchev–Trinajstić information content (AvgIpc) is 3.92. The van der Waals surface area contributed by atoms with Gasteiger partial charge in [0.05, 0.1) is 24.9 Å². The molecule has 0 aliphatic carbocycles. The highest BCUT2D eigenvalue weighted by molar-refractivity contribution is 7.46. The Hall–Kier alpha value is -4.90. The van der Waals surface area contributed by atoms with Crippen LogP contribution in [0.1, 0.15) is 26.3 Å². The Labute approximate surface area is 316 Å². The Kier molecular flexibility index (Phi) is 10.9. The summed E-state index contributed by atoms with van der Waals surface area (Å²) in [6.07, 6.45) is 3.10. The molecule has 292 valence electrons. The molecule has 0 amide bonds. The smallest absolute Gasteiger partial charge is 0.469 e. The number of piperazine rings is 1. The molecule has 0 radical (unpaired) electrons. The predicted molar refractivity (Wildman–Crippen MR) is 199 cm³/mol. The number of aromatic nitrogens is 6. The summed E-state index contributed by atoms with van der Waals surface area (Å²) in [4.78, 5) is 40.5. The highest BCUT2D eigenvalue weighted by atomic mass is 31.2. The molecule has 2 fully saturated rings. The highest BCUT2D eigenvalue weighted by Gasteiger charge is 2.44. The molecule has 5 aromatic rings. The zero-order chi connectivity index (χ0) is 38.8. The van der Waals surface area contributed by atoms with Crippen LogP contribution in [0.15, 0.2) is 96.6 Å². The van der Waals surface area contributed by atoms with E-state index in [0.717, 1.165) is 42.2 Å². The second kappa shape index (κ2) is 15.7. The van der Waals surface area contributed by atoms with Crippen LogP contribution < -0.4 is 20.2 Å². The lowest BCUT2D eigenvalue weighted by molar-refractivity contribution is -0.190. The molecule has 16 nitrogen and oxygen atoms in total. The van der Waals surface area contributed by atoms with Crippen LogP contribution in [-0.2, 0) is 37.4 Å². The molecule has 0 saturated carbocycles. The molecule has 2 aliphatic rings. The molecule has 3 unspecified atom stereocenters. The maximum absolute atomic E-state index is 13.7. The van der Waals surface area contributed by atoms with E-state index in [1.165, 1.54) is 29.4 Å². The topological polar surface area (TPSA) is 171 Å². The van der Waals surface area contributed by atoms with E-state index in [9.17, 15) is 23.5 Å². The zero-order valence-corrected chi connectivity index (χ0v) is 31.6. The first-order valence-electron chi connectivity index (χ1n) is 17.9. The van der Waals surface area contributed by atoms with Crippen molar-refractivity contribution in [3.63, 3.8) is 0 Å². The Morgan fingerprint density at radius 1 is 0.909 bits per heavy atom. The van der Waals surface area contributed by atoms with Gasteiger partial charge in [0.1, 0.15) is 49.8 Å². The second-order valence-electron chi connectivity index (χ2n) is 14.6. The summed E-state index contributed by atoms with van der Waals surface area (Å²) in [5, 5.41) is 8.36. The number of anilines is 2. The fourth-order valence-corrected chi connectivity index (χ4v) is 7.34. The number of rotatable bonds is 13. The summed E-state index contributed by atoms with van der Waals surface area (Å²) < 4.78 is 53.0. The minimum Gasteiger partial charge on any atom is -0.491 e. The minimum atomic E-state index is -4.77. The monoisotopic (exact) mass is 778 g/mol. The van der Waals surface area contributed by atoms with Crippen LogP contribution in [-0.4, -0.2) is 90.5 Å². The Bertz CT molecular complexity index is 2130. The van der Waals surface area contributed by atoms with E-state index >= 15 is 0 Å². The first kappa shape index (κ1) is 38.4. The van der Waals surface area contributed by atoms with Crippen molar-refractivity contribution in [1.29, 1.82) is 0 Å². The van der Waals surface area contributed by atoms with E-state index in [2.05, 4.69) is 25.0 Å². The predicted octanol–water partition coefficient (Wildman–Crippen LogP) is 3.96. The van der Waals surface area contributed by atoms with E-state index in [4.69, 9.17) is 18.7 Å². The van der Waals surface area contributed by atoms with Crippen molar-refractivity contribution in [2.45, 2.75) is 51.9 Å². The Balaban J connectivity index is 0.907. The minimum absolute atomic E-state index is 0.115. The Morgan fingerprint density at radius 2 is 1.53 bits per heavy atom.